The Balaban J connectivity index is 2.33. The van der Waals surface area contributed by atoms with Gasteiger partial charge in [0.2, 0.25) is 0 Å². The Hall–Kier alpha value is -1.46. The largest absolute Gasteiger partial charge is 0.457 e. The molecule has 0 fully saturated rings. The molecule has 3 nitrogen and oxygen atoms in total. The van der Waals surface area contributed by atoms with Gasteiger partial charge < -0.3 is 9.84 Å². The van der Waals surface area contributed by atoms with E-state index in [1.807, 2.05) is 6.92 Å². The van der Waals surface area contributed by atoms with E-state index in [0.717, 1.165) is 5.69 Å². The molecule has 0 bridgehead atoms. The maximum Gasteiger partial charge on any atom is 0.141 e. The Kier molecular flexibility index (Phi) is 3.93. The molecule has 0 saturated heterocycles. The summed E-state index contributed by atoms with van der Waals surface area (Å²) in [6, 6.07) is 6.19. The van der Waals surface area contributed by atoms with E-state index in [1.54, 1.807) is 24.4 Å². The molecule has 0 spiro atoms. The summed E-state index contributed by atoms with van der Waals surface area (Å²) in [5.74, 6) is 0.451. The molecule has 1 aromatic carbocycles. The lowest BCUT2D eigenvalue weighted by molar-refractivity contribution is 0.276. The number of benzene rings is 1. The lowest BCUT2D eigenvalue weighted by atomic mass is 10.2. The number of aliphatic hydroxyl groups is 1. The maximum absolute atomic E-state index is 13.4. The van der Waals surface area contributed by atoms with Crippen LogP contribution >= 0.6 is 15.9 Å². The molecule has 0 atom stereocenters. The molecule has 0 radical (unpaired) electrons. The average molecular weight is 312 g/mol. The van der Waals surface area contributed by atoms with E-state index in [1.165, 1.54) is 6.07 Å². The van der Waals surface area contributed by atoms with Crippen molar-refractivity contribution in [2.24, 2.45) is 0 Å². The monoisotopic (exact) mass is 311 g/mol. The van der Waals surface area contributed by atoms with Crippen LogP contribution < -0.4 is 4.74 Å². The van der Waals surface area contributed by atoms with Crippen molar-refractivity contribution in [3.05, 3.63) is 52.0 Å². The number of halogens is 2. The quantitative estimate of drug-likeness (QED) is 0.942. The molecular formula is C13H11BrFNO2. The average Bonchev–Trinajstić information content (AvgIpc) is 2.34. The van der Waals surface area contributed by atoms with Crippen molar-refractivity contribution in [1.29, 1.82) is 0 Å². The van der Waals surface area contributed by atoms with Crippen LogP contribution in [-0.2, 0) is 6.61 Å². The zero-order valence-corrected chi connectivity index (χ0v) is 11.2. The molecule has 0 aliphatic carbocycles. The summed E-state index contributed by atoms with van der Waals surface area (Å²) in [4.78, 5) is 4.06. The van der Waals surface area contributed by atoms with Gasteiger partial charge in [0, 0.05) is 29.6 Å². The molecule has 1 N–H and O–H groups in total. The molecular weight excluding hydrogens is 301 g/mol. The highest BCUT2D eigenvalue weighted by atomic mass is 79.9. The van der Waals surface area contributed by atoms with Gasteiger partial charge in [-0.1, -0.05) is 0 Å². The minimum absolute atomic E-state index is 0.179. The van der Waals surface area contributed by atoms with Crippen LogP contribution in [0, 0.1) is 12.7 Å². The SMILES string of the molecule is Cc1cc(Oc2ccc(Br)c(F)c2)c(CO)cn1. The zero-order chi connectivity index (χ0) is 13.1. The summed E-state index contributed by atoms with van der Waals surface area (Å²) >= 11 is 3.07. The third-order valence-corrected chi connectivity index (χ3v) is 3.01. The van der Waals surface area contributed by atoms with Crippen molar-refractivity contribution in [1.82, 2.24) is 4.98 Å². The van der Waals surface area contributed by atoms with Gasteiger partial charge in [-0.05, 0) is 35.0 Å². The second kappa shape index (κ2) is 5.46. The van der Waals surface area contributed by atoms with Crippen molar-refractivity contribution in [2.45, 2.75) is 13.5 Å². The van der Waals surface area contributed by atoms with Gasteiger partial charge in [0.1, 0.15) is 17.3 Å². The molecule has 1 heterocycles. The molecule has 5 heteroatoms. The molecule has 18 heavy (non-hydrogen) atoms. The molecule has 94 valence electrons. The third-order valence-electron chi connectivity index (χ3n) is 2.37. The number of aryl methyl sites for hydroxylation is 1. The normalized spacial score (nSPS) is 10.4. The van der Waals surface area contributed by atoms with Crippen LogP contribution in [-0.4, -0.2) is 10.1 Å². The molecule has 0 aliphatic rings. The van der Waals surface area contributed by atoms with Gasteiger partial charge >= 0.3 is 0 Å². The summed E-state index contributed by atoms with van der Waals surface area (Å²) in [6.45, 7) is 1.64. The van der Waals surface area contributed by atoms with Gasteiger partial charge in [0.15, 0.2) is 0 Å². The fourth-order valence-electron chi connectivity index (χ4n) is 1.44. The second-order valence-corrected chi connectivity index (χ2v) is 4.62. The highest BCUT2D eigenvalue weighted by molar-refractivity contribution is 9.10. The molecule has 0 amide bonds. The maximum atomic E-state index is 13.4. The molecule has 0 saturated carbocycles. The highest BCUT2D eigenvalue weighted by Crippen LogP contribution is 2.28. The fourth-order valence-corrected chi connectivity index (χ4v) is 1.69. The Bertz CT molecular complexity index is 575. The second-order valence-electron chi connectivity index (χ2n) is 3.77. The van der Waals surface area contributed by atoms with Gasteiger partial charge in [-0.2, -0.15) is 0 Å². The number of ether oxygens (including phenoxy) is 1. The predicted octanol–water partition coefficient (Wildman–Crippen LogP) is 3.58. The minimum atomic E-state index is -0.399. The standard InChI is InChI=1S/C13H11BrFNO2/c1-8-4-13(9(7-17)6-16-8)18-10-2-3-11(14)12(15)5-10/h2-6,17H,7H2,1H3. The van der Waals surface area contributed by atoms with Crippen LogP contribution in [0.15, 0.2) is 34.9 Å². The van der Waals surface area contributed by atoms with Crippen LogP contribution in [0.1, 0.15) is 11.3 Å². The van der Waals surface area contributed by atoms with Gasteiger partial charge in [0.05, 0.1) is 11.1 Å². The first-order chi connectivity index (χ1) is 8.60. The lowest BCUT2D eigenvalue weighted by Crippen LogP contribution is -1.95. The van der Waals surface area contributed by atoms with E-state index >= 15 is 0 Å². The van der Waals surface area contributed by atoms with Crippen LogP contribution in [0.3, 0.4) is 0 Å². The Morgan fingerprint density at radius 2 is 2.17 bits per heavy atom. The summed E-state index contributed by atoms with van der Waals surface area (Å²) < 4.78 is 19.3. The first kappa shape index (κ1) is 13.0. The van der Waals surface area contributed by atoms with Crippen LogP contribution in [0.25, 0.3) is 0 Å². The number of hydrogen-bond donors (Lipinski definition) is 1. The number of rotatable bonds is 3. The zero-order valence-electron chi connectivity index (χ0n) is 9.65. The molecule has 2 rings (SSSR count). The van der Waals surface area contributed by atoms with Crippen molar-refractivity contribution < 1.29 is 14.2 Å². The first-order valence-electron chi connectivity index (χ1n) is 5.29. The molecule has 0 unspecified atom stereocenters. The lowest BCUT2D eigenvalue weighted by Gasteiger charge is -2.10. The first-order valence-corrected chi connectivity index (χ1v) is 6.08. The van der Waals surface area contributed by atoms with Gasteiger partial charge in [0.25, 0.3) is 0 Å². The highest BCUT2D eigenvalue weighted by Gasteiger charge is 2.07. The molecule has 2 aromatic rings. The summed E-state index contributed by atoms with van der Waals surface area (Å²) in [7, 11) is 0. The smallest absolute Gasteiger partial charge is 0.141 e. The van der Waals surface area contributed by atoms with Gasteiger partial charge in [-0.3, -0.25) is 4.98 Å². The summed E-state index contributed by atoms with van der Waals surface area (Å²) in [5.41, 5.74) is 1.32. The summed E-state index contributed by atoms with van der Waals surface area (Å²) in [6.07, 6.45) is 1.54. The Morgan fingerprint density at radius 1 is 1.39 bits per heavy atom. The van der Waals surface area contributed by atoms with Crippen LogP contribution in [0.4, 0.5) is 4.39 Å². The summed E-state index contributed by atoms with van der Waals surface area (Å²) in [5, 5.41) is 9.18. The molecule has 0 aliphatic heterocycles. The van der Waals surface area contributed by atoms with Crippen LogP contribution in [0.2, 0.25) is 0 Å². The van der Waals surface area contributed by atoms with E-state index in [-0.39, 0.29) is 6.61 Å². The number of pyridine rings is 1. The van der Waals surface area contributed by atoms with E-state index < -0.39 is 5.82 Å². The van der Waals surface area contributed by atoms with E-state index in [4.69, 9.17) is 4.74 Å². The van der Waals surface area contributed by atoms with E-state index in [0.29, 0.717) is 21.5 Å². The molecule has 1 aromatic heterocycles. The third kappa shape index (κ3) is 2.86. The number of aliphatic hydroxyl groups excluding tert-OH is 1. The number of aromatic nitrogens is 1. The predicted molar refractivity (Wildman–Crippen MR) is 69.1 cm³/mol. The Labute approximate surface area is 112 Å². The minimum Gasteiger partial charge on any atom is -0.457 e. The van der Waals surface area contributed by atoms with Crippen LogP contribution in [0.5, 0.6) is 11.5 Å². The number of nitrogens with zero attached hydrogens (tertiary/aromatic N) is 1. The van der Waals surface area contributed by atoms with Crippen molar-refractivity contribution >= 4 is 15.9 Å². The van der Waals surface area contributed by atoms with Gasteiger partial charge in [-0.25, -0.2) is 4.39 Å². The van der Waals surface area contributed by atoms with Crippen molar-refractivity contribution in [3.63, 3.8) is 0 Å². The topological polar surface area (TPSA) is 42.4 Å². The van der Waals surface area contributed by atoms with Crippen molar-refractivity contribution in [3.8, 4) is 11.5 Å². The van der Waals surface area contributed by atoms with Crippen molar-refractivity contribution in [2.75, 3.05) is 0 Å². The Morgan fingerprint density at radius 3 is 2.83 bits per heavy atom. The van der Waals surface area contributed by atoms with E-state index in [9.17, 15) is 9.50 Å². The fraction of sp³-hybridized carbons (Fsp3) is 0.154. The number of hydrogen-bond acceptors (Lipinski definition) is 3. The van der Waals surface area contributed by atoms with E-state index in [2.05, 4.69) is 20.9 Å². The van der Waals surface area contributed by atoms with Gasteiger partial charge in [-0.15, -0.1) is 0 Å².